The normalized spacial score (nSPS) is 9.83. The molecule has 8 heteroatoms. The van der Waals surface area contributed by atoms with Crippen molar-refractivity contribution in [3.05, 3.63) is 50.2 Å². The number of carbonyl (C=O) groups excluding carboxylic acids is 2. The van der Waals surface area contributed by atoms with Crippen molar-refractivity contribution in [2.45, 2.75) is 13.8 Å². The molecule has 2 aromatic rings. The predicted molar refractivity (Wildman–Crippen MR) is 95.9 cm³/mol. The molecular weight excluding hydrogens is 671 g/mol. The second-order valence-corrected chi connectivity index (χ2v) is 6.28. The van der Waals surface area contributed by atoms with Gasteiger partial charge in [-0.25, -0.2) is 4.98 Å². The Morgan fingerprint density at radius 3 is 2.33 bits per heavy atom. The van der Waals surface area contributed by atoms with Gasteiger partial charge in [0, 0.05) is 22.4 Å². The Labute approximate surface area is 147 Å². The third-order valence-electron chi connectivity index (χ3n) is 3.34. The van der Waals surface area contributed by atoms with Crippen molar-refractivity contribution in [1.82, 2.24) is 10.3 Å². The molecule has 135 valence electrons. The van der Waals surface area contributed by atoms with Crippen LogP contribution in [0.5, 0.6) is 5.75 Å². The first-order valence-corrected chi connectivity index (χ1v) is 7.90. The summed E-state index contributed by atoms with van der Waals surface area (Å²) in [7, 11) is 1.46. The van der Waals surface area contributed by atoms with Gasteiger partial charge < -0.3 is 15.7 Å². The van der Waals surface area contributed by atoms with Crippen molar-refractivity contribution in [3.63, 3.8) is 0 Å². The fourth-order valence-corrected chi connectivity index (χ4v) is 2.71. The molecule has 6 nitrogen and oxygen atoms in total. The van der Waals surface area contributed by atoms with E-state index in [0.29, 0.717) is 16.9 Å². The van der Waals surface area contributed by atoms with Crippen molar-refractivity contribution in [2.75, 3.05) is 12.4 Å². The number of amides is 2. The number of nitrogens with zero attached hydrogens (tertiary/aromatic N) is 1. The van der Waals surface area contributed by atoms with Crippen LogP contribution in [0.3, 0.4) is 0 Å². The van der Waals surface area contributed by atoms with E-state index in [-0.39, 0.29) is 17.2 Å². The van der Waals surface area contributed by atoms with Crippen molar-refractivity contribution in [1.29, 1.82) is 0 Å². The maximum Gasteiger partial charge on any atom is 0.257 e. The van der Waals surface area contributed by atoms with Crippen LogP contribution in [0, 0.1) is 17.4 Å². The van der Waals surface area contributed by atoms with Crippen LogP contribution in [-0.2, 0) is 0 Å². The number of carbonyl (C=O) groups is 2. The summed E-state index contributed by atoms with van der Waals surface area (Å²) in [4.78, 5) is 28.4. The molecule has 0 saturated carbocycles. The summed E-state index contributed by atoms with van der Waals surface area (Å²) in [5.74, 6) is -0.545. The minimum absolute atomic E-state index is 0. The van der Waals surface area contributed by atoms with E-state index in [1.54, 1.807) is 13.1 Å². The molecule has 1 aromatic heterocycles. The van der Waals surface area contributed by atoms with Gasteiger partial charge in [0.2, 0.25) is 0 Å². The van der Waals surface area contributed by atoms with Crippen LogP contribution in [0.2, 0.25) is 0 Å². The first kappa shape index (κ1) is 18.9. The molecule has 0 atom stereocenters. The monoisotopic (exact) mass is 687 g/mol. The van der Waals surface area contributed by atoms with E-state index in [2.05, 4.69) is 38.2 Å². The molecule has 0 unspecified atom stereocenters. The van der Waals surface area contributed by atoms with E-state index in [1.807, 2.05) is 13.0 Å². The Kier molecular flexibility index (Phi) is 5.83. The molecule has 24 heavy (non-hydrogen) atoms. The largest absolute Gasteiger partial charge is 0.507 e. The van der Waals surface area contributed by atoms with Gasteiger partial charge in [-0.2, -0.15) is 0 Å². The Bertz CT molecular complexity index is 796. The maximum atomic E-state index is 12.5. The number of nitrogens with one attached hydrogen (secondary N) is 2. The molecule has 2 rings (SSSR count). The van der Waals surface area contributed by atoms with E-state index in [4.69, 9.17) is 0 Å². The number of benzene rings is 1. The minimum atomic E-state index is -0.458. The zero-order valence-corrected chi connectivity index (χ0v) is 17.5. The van der Waals surface area contributed by atoms with E-state index < -0.39 is 5.91 Å². The van der Waals surface area contributed by atoms with E-state index >= 15 is 0 Å². The quantitative estimate of drug-likeness (QED) is 0.434. The Hall–Kier alpha value is -3.16. The first-order chi connectivity index (χ1) is 10.8. The summed E-state index contributed by atoms with van der Waals surface area (Å²) in [6, 6.07) is 4.68. The number of phenolic OH excluding ortho intramolecular Hbond substituents is 1. The average molecular weight is 687 g/mol. The molecule has 0 aliphatic heterocycles. The van der Waals surface area contributed by atoms with Gasteiger partial charge in [0.25, 0.3) is 11.8 Å². The van der Waals surface area contributed by atoms with Crippen LogP contribution in [0.4, 0.5) is 5.82 Å². The Morgan fingerprint density at radius 2 is 1.75 bits per heavy atom. The molecule has 0 fully saturated rings. The second kappa shape index (κ2) is 7.40. The van der Waals surface area contributed by atoms with Crippen molar-refractivity contribution < 1.29 is 14.7 Å². The molecule has 1 heterocycles. The zero-order valence-electron chi connectivity index (χ0n) is 13.2. The van der Waals surface area contributed by atoms with Gasteiger partial charge in [-0.15, -0.1) is 0 Å². The molecule has 1 aromatic carbocycles. The van der Waals surface area contributed by atoms with Gasteiger partial charge in [0.1, 0.15) is 11.6 Å². The summed E-state index contributed by atoms with van der Waals surface area (Å²) in [6.07, 6.45) is 1.66. The molecule has 1 radical (unpaired) electrons. The second-order valence-electron chi connectivity index (χ2n) is 5.04. The fourth-order valence-electron chi connectivity index (χ4n) is 2.10. The topological polar surface area (TPSA) is 91.3 Å². The van der Waals surface area contributed by atoms with E-state index in [1.165, 1.54) is 19.2 Å². The maximum absolute atomic E-state index is 12.5. The molecule has 2 amide bonds. The van der Waals surface area contributed by atoms with Crippen LogP contribution in [0.1, 0.15) is 31.8 Å². The Morgan fingerprint density at radius 1 is 1.08 bits per heavy atom. The predicted octanol–water partition coefficient (Wildman–Crippen LogP) is 2.62. The van der Waals surface area contributed by atoms with Crippen LogP contribution in [0.25, 0.3) is 0 Å². The average Bonchev–Trinajstić information content (AvgIpc) is 2.49. The number of halogens is 1. The molecule has 0 bridgehead atoms. The van der Waals surface area contributed by atoms with Gasteiger partial charge in [0.15, 0.2) is 0 Å². The van der Waals surface area contributed by atoms with Crippen LogP contribution in [0.15, 0.2) is 24.4 Å². The van der Waals surface area contributed by atoms with Crippen LogP contribution >= 0.6 is 22.6 Å². The Balaban J connectivity index is 0.00000288. The van der Waals surface area contributed by atoms with Gasteiger partial charge in [-0.05, 0) is 65.8 Å². The molecule has 0 spiro atoms. The minimum Gasteiger partial charge on any atom is -0.507 e. The standard InChI is InChI=1S/C16H16IN3O3.Lr/c1-8-5-13(21)12(15(22)18-3)6-11(8)16(23)20-14-9(2)4-10(17)7-19-14;/h4-7,21H,1-3H3,(H,18,22)(H,19,20,23);. The third-order valence-corrected chi connectivity index (χ3v) is 3.93. The third kappa shape index (κ3) is 3.78. The van der Waals surface area contributed by atoms with Gasteiger partial charge in [-0.3, -0.25) is 9.59 Å². The molecule has 0 aliphatic carbocycles. The number of phenols is 1. The smallest absolute Gasteiger partial charge is 0.257 e. The van der Waals surface area contributed by atoms with Crippen LogP contribution < -0.4 is 10.6 Å². The molecule has 0 aliphatic rings. The number of aromatic nitrogens is 1. The van der Waals surface area contributed by atoms with Gasteiger partial charge in [0.05, 0.1) is 5.56 Å². The van der Waals surface area contributed by atoms with Gasteiger partial charge in [-0.1, -0.05) is 0 Å². The zero-order chi connectivity index (χ0) is 17.1. The molecule has 3 N–H and O–H groups in total. The molecule has 0 saturated heterocycles. The van der Waals surface area contributed by atoms with Crippen molar-refractivity contribution in [2.24, 2.45) is 0 Å². The number of hydrogen-bond donors (Lipinski definition) is 3. The van der Waals surface area contributed by atoms with Crippen LogP contribution in [-0.4, -0.2) is 29.0 Å². The number of hydrogen-bond acceptors (Lipinski definition) is 4. The summed E-state index contributed by atoms with van der Waals surface area (Å²) >= 11 is 2.14. The van der Waals surface area contributed by atoms with E-state index in [0.717, 1.165) is 9.13 Å². The fraction of sp³-hybridized carbons (Fsp3) is 0.188. The molecular formula is C16H16ILrN3O3. The van der Waals surface area contributed by atoms with Crippen molar-refractivity contribution >= 4 is 40.2 Å². The van der Waals surface area contributed by atoms with Crippen molar-refractivity contribution in [3.8, 4) is 5.75 Å². The number of aryl methyl sites for hydroxylation is 2. The SMILES string of the molecule is CNC(=O)c1cc(C(=O)Nc2ncc(I)cc2C)c(C)cc1O.[Lr]. The number of aromatic hydroxyl groups is 1. The van der Waals surface area contributed by atoms with E-state index in [9.17, 15) is 14.7 Å². The summed E-state index contributed by atoms with van der Waals surface area (Å²) < 4.78 is 0.973. The number of rotatable bonds is 3. The number of anilines is 1. The van der Waals surface area contributed by atoms with Gasteiger partial charge >= 0.3 is 0 Å². The first-order valence-electron chi connectivity index (χ1n) is 6.82. The summed E-state index contributed by atoms with van der Waals surface area (Å²) in [6.45, 7) is 3.54. The summed E-state index contributed by atoms with van der Waals surface area (Å²) in [5, 5.41) is 15.0. The summed E-state index contributed by atoms with van der Waals surface area (Å²) in [5.41, 5.74) is 1.76. The number of pyridine rings is 1.